The molecule has 3 aromatic heterocycles. The van der Waals surface area contributed by atoms with Crippen LogP contribution in [0.4, 0.5) is 26.3 Å². The maximum Gasteiger partial charge on any atom is 0.573 e. The first-order chi connectivity index (χ1) is 24.0. The molecule has 6 nitrogen and oxygen atoms in total. The third-order valence-electron chi connectivity index (χ3n) is 7.36. The van der Waals surface area contributed by atoms with Crippen LogP contribution < -0.4 is 23.2 Å². The van der Waals surface area contributed by atoms with Gasteiger partial charge in [0.15, 0.2) is 37.2 Å². The van der Waals surface area contributed by atoms with E-state index in [2.05, 4.69) is 19.0 Å². The van der Waals surface area contributed by atoms with E-state index >= 15 is 0 Å². The standard InChI is InChI=1S/C38H33F6N4O2/c1-2-4-29(31-16-25-47(26-17-31)33-5-9-35(10-6-33)49-37(39,40)41)13-21-45-20-3-22-46-23-14-30(15-24-46)32-18-27-48(28-19-32)34-7-11-36(12-8-34)50-38(42,43)44/h2,4-19,21,23-28H,3,20,22H2,1H3/q+3/b4-2-,29-13+,45-21+. The molecule has 5 aromatic rings. The average molecular weight is 692 g/mol. The number of pyridine rings is 3. The van der Waals surface area contributed by atoms with E-state index in [0.717, 1.165) is 35.2 Å². The summed E-state index contributed by atoms with van der Waals surface area (Å²) >= 11 is 0. The van der Waals surface area contributed by atoms with Crippen LogP contribution in [0.2, 0.25) is 0 Å². The first-order valence-corrected chi connectivity index (χ1v) is 15.5. The second-order valence-corrected chi connectivity index (χ2v) is 10.9. The molecule has 3 heterocycles. The Labute approximate surface area is 285 Å². The molecule has 0 N–H and O–H groups in total. The van der Waals surface area contributed by atoms with Gasteiger partial charge in [0.2, 0.25) is 11.4 Å². The molecule has 0 amide bonds. The Bertz CT molecular complexity index is 1920. The number of halogens is 6. The van der Waals surface area contributed by atoms with E-state index in [9.17, 15) is 26.3 Å². The fourth-order valence-electron chi connectivity index (χ4n) is 5.00. The number of hydrogen-bond acceptors (Lipinski definition) is 3. The second-order valence-electron chi connectivity index (χ2n) is 10.9. The van der Waals surface area contributed by atoms with Crippen LogP contribution in [-0.2, 0) is 6.54 Å². The zero-order chi connectivity index (χ0) is 35.6. The third kappa shape index (κ3) is 10.6. The van der Waals surface area contributed by atoms with E-state index in [1.165, 1.54) is 24.3 Å². The van der Waals surface area contributed by atoms with Crippen molar-refractivity contribution in [3.8, 4) is 34.0 Å². The number of aliphatic imine (C=N–C) groups is 1. The van der Waals surface area contributed by atoms with Gasteiger partial charge in [-0.3, -0.25) is 4.99 Å². The van der Waals surface area contributed by atoms with Crippen LogP contribution in [0.3, 0.4) is 0 Å². The molecule has 256 valence electrons. The van der Waals surface area contributed by atoms with Gasteiger partial charge in [0.05, 0.1) is 0 Å². The van der Waals surface area contributed by atoms with Crippen LogP contribution in [0, 0.1) is 0 Å². The first kappa shape index (κ1) is 35.5. The number of allylic oxidation sites excluding steroid dienone is 4. The monoisotopic (exact) mass is 691 g/mol. The molecule has 50 heavy (non-hydrogen) atoms. The Hall–Kier alpha value is -5.78. The van der Waals surface area contributed by atoms with Gasteiger partial charge >= 0.3 is 12.7 Å². The summed E-state index contributed by atoms with van der Waals surface area (Å²) in [6.07, 6.45) is 10.4. The van der Waals surface area contributed by atoms with Crippen molar-refractivity contribution < 1.29 is 49.5 Å². The highest BCUT2D eigenvalue weighted by Crippen LogP contribution is 2.24. The zero-order valence-corrected chi connectivity index (χ0v) is 26.9. The van der Waals surface area contributed by atoms with Crippen LogP contribution in [0.1, 0.15) is 18.9 Å². The first-order valence-electron chi connectivity index (χ1n) is 15.5. The highest BCUT2D eigenvalue weighted by atomic mass is 19.4. The van der Waals surface area contributed by atoms with Gasteiger partial charge in [0.25, 0.3) is 0 Å². The Kier molecular flexibility index (Phi) is 11.4. The highest BCUT2D eigenvalue weighted by Gasteiger charge is 2.32. The molecule has 0 bridgehead atoms. The van der Waals surface area contributed by atoms with E-state index in [4.69, 9.17) is 0 Å². The molecule has 0 radical (unpaired) electrons. The Morgan fingerprint density at radius 2 is 1.10 bits per heavy atom. The van der Waals surface area contributed by atoms with Crippen LogP contribution in [0.25, 0.3) is 28.1 Å². The van der Waals surface area contributed by atoms with Gasteiger partial charge in [0.1, 0.15) is 18.0 Å². The van der Waals surface area contributed by atoms with Crippen molar-refractivity contribution in [1.29, 1.82) is 0 Å². The van der Waals surface area contributed by atoms with Crippen LogP contribution >= 0.6 is 0 Å². The van der Waals surface area contributed by atoms with E-state index in [-0.39, 0.29) is 11.5 Å². The van der Waals surface area contributed by atoms with Gasteiger partial charge in [0, 0.05) is 79.8 Å². The maximum atomic E-state index is 12.4. The van der Waals surface area contributed by atoms with Crippen molar-refractivity contribution in [3.63, 3.8) is 0 Å². The van der Waals surface area contributed by atoms with E-state index in [1.807, 2.05) is 103 Å². The second kappa shape index (κ2) is 16.1. The lowest BCUT2D eigenvalue weighted by Crippen LogP contribution is -2.32. The molecule has 0 aliphatic heterocycles. The SMILES string of the molecule is C\C=C/C(=C\C=N\CCC[n+]1ccc(-c2cc[n+](-c3ccc(OC(F)(F)F)cc3)cc2)cc1)c1cc[n+](-c2ccc(OC(F)(F)F)cc2)cc1. The molecule has 0 spiro atoms. The number of aryl methyl sites for hydroxylation is 1. The third-order valence-corrected chi connectivity index (χ3v) is 7.36. The molecular weight excluding hydrogens is 658 g/mol. The number of rotatable bonds is 12. The van der Waals surface area contributed by atoms with Crippen LogP contribution in [0.5, 0.6) is 11.5 Å². The lowest BCUT2D eigenvalue weighted by atomic mass is 10.1. The number of ether oxygens (including phenoxy) is 2. The minimum atomic E-state index is -4.73. The van der Waals surface area contributed by atoms with Gasteiger partial charge in [-0.15, -0.1) is 26.3 Å². The predicted molar refractivity (Wildman–Crippen MR) is 176 cm³/mol. The molecule has 0 aliphatic carbocycles. The summed E-state index contributed by atoms with van der Waals surface area (Å²) in [4.78, 5) is 4.55. The van der Waals surface area contributed by atoms with Crippen molar-refractivity contribution >= 4 is 11.8 Å². The lowest BCUT2D eigenvalue weighted by molar-refractivity contribution is -0.697. The highest BCUT2D eigenvalue weighted by molar-refractivity contribution is 5.88. The van der Waals surface area contributed by atoms with Gasteiger partial charge in [-0.25, -0.2) is 4.57 Å². The molecule has 0 fully saturated rings. The molecule has 12 heteroatoms. The Morgan fingerprint density at radius 3 is 1.56 bits per heavy atom. The van der Waals surface area contributed by atoms with Crippen molar-refractivity contribution in [2.75, 3.05) is 6.54 Å². The van der Waals surface area contributed by atoms with Gasteiger partial charge < -0.3 is 9.47 Å². The molecule has 0 aliphatic rings. The molecule has 0 atom stereocenters. The lowest BCUT2D eigenvalue weighted by Gasteiger charge is -2.08. The Morgan fingerprint density at radius 1 is 0.640 bits per heavy atom. The minimum Gasteiger partial charge on any atom is -0.406 e. The summed E-state index contributed by atoms with van der Waals surface area (Å²) in [7, 11) is 0. The summed E-state index contributed by atoms with van der Waals surface area (Å²) in [6, 6.07) is 23.1. The molecule has 0 saturated heterocycles. The van der Waals surface area contributed by atoms with Crippen molar-refractivity contribution in [2.45, 2.75) is 32.6 Å². The molecule has 0 saturated carbocycles. The van der Waals surface area contributed by atoms with E-state index in [0.29, 0.717) is 17.9 Å². The zero-order valence-electron chi connectivity index (χ0n) is 26.9. The predicted octanol–water partition coefficient (Wildman–Crippen LogP) is 8.11. The largest absolute Gasteiger partial charge is 0.573 e. The summed E-state index contributed by atoms with van der Waals surface area (Å²) in [6.45, 7) is 3.35. The molecule has 0 unspecified atom stereocenters. The number of hydrogen-bond donors (Lipinski definition) is 0. The van der Waals surface area contributed by atoms with E-state index in [1.54, 1.807) is 35.0 Å². The fraction of sp³-hybridized carbons (Fsp3) is 0.158. The minimum absolute atomic E-state index is 0.269. The van der Waals surface area contributed by atoms with Crippen molar-refractivity contribution in [3.05, 3.63) is 146 Å². The summed E-state index contributed by atoms with van der Waals surface area (Å²) in [5, 5.41) is 0. The van der Waals surface area contributed by atoms with Crippen LogP contribution in [0.15, 0.2) is 145 Å². The van der Waals surface area contributed by atoms with Gasteiger partial charge in [-0.05, 0) is 59.5 Å². The summed E-state index contributed by atoms with van der Waals surface area (Å²) in [5.74, 6) is -0.544. The summed E-state index contributed by atoms with van der Waals surface area (Å²) < 4.78 is 88.1. The topological polar surface area (TPSA) is 42.5 Å². The van der Waals surface area contributed by atoms with Gasteiger partial charge in [-0.1, -0.05) is 12.2 Å². The summed E-state index contributed by atoms with van der Waals surface area (Å²) in [5.41, 5.74) is 5.35. The molecule has 2 aromatic carbocycles. The van der Waals surface area contributed by atoms with Crippen molar-refractivity contribution in [1.82, 2.24) is 0 Å². The number of benzene rings is 2. The number of alkyl halides is 6. The smallest absolute Gasteiger partial charge is 0.406 e. The quantitative estimate of drug-likeness (QED) is 0.0437. The van der Waals surface area contributed by atoms with Crippen molar-refractivity contribution in [2.24, 2.45) is 4.99 Å². The normalized spacial score (nSPS) is 12.5. The van der Waals surface area contributed by atoms with E-state index < -0.39 is 12.7 Å². The Balaban J connectivity index is 1.10. The fourth-order valence-corrected chi connectivity index (χ4v) is 5.00. The van der Waals surface area contributed by atoms with Gasteiger partial charge in [-0.2, -0.15) is 9.13 Å². The molecule has 5 rings (SSSR count). The average Bonchev–Trinajstić information content (AvgIpc) is 3.09. The maximum absolute atomic E-state index is 12.4. The number of nitrogens with zero attached hydrogens (tertiary/aromatic N) is 4. The molecular formula is C38H33F6N4O2+3. The van der Waals surface area contributed by atoms with Crippen LogP contribution in [-0.4, -0.2) is 25.5 Å². The number of aromatic nitrogens is 3.